The van der Waals surface area contributed by atoms with E-state index in [0.29, 0.717) is 37.8 Å². The number of aliphatic hydroxyl groups is 1. The second-order valence-corrected chi connectivity index (χ2v) is 30.4. The smallest absolute Gasteiger partial charge is 0.335 e. The SMILES string of the molecule is CCC1(c2c(-c3ccc(P(C)(C)=O)cc3)c3cc4[nH]ncc4cc3n2-c2ccc(F)cc2)COC1.CCC1(c2c(-c3cnn(CC(=O)O)c3)c3cc4[nH]ncc4cc3n2-c2ccc(F)cc2)COC1.COCC(C)(O)c1c(-c2ccc(C(=O)O)cc2)c2cc3[nH]ncc3cc2n1-c1ccc(F)cc1. The van der Waals surface area contributed by atoms with Crippen molar-refractivity contribution < 1.29 is 56.9 Å². The molecular weight excluding hydrogens is 1330 g/mol. The Labute approximate surface area is 587 Å². The number of carboxylic acids is 2. The summed E-state index contributed by atoms with van der Waals surface area (Å²) in [5.41, 5.74) is 14.3. The Morgan fingerprint density at radius 1 is 0.563 bits per heavy atom. The van der Waals surface area contributed by atoms with Crippen LogP contribution in [0.5, 0.6) is 0 Å². The molecule has 0 radical (unpaired) electrons. The number of benzene rings is 8. The summed E-state index contributed by atoms with van der Waals surface area (Å²) in [6.07, 6.45) is 10.5. The van der Waals surface area contributed by atoms with E-state index in [4.69, 9.17) is 14.2 Å². The number of carbonyl (C=O) groups is 2. The van der Waals surface area contributed by atoms with Gasteiger partial charge in [0, 0.05) is 102 Å². The molecule has 24 heteroatoms. The Bertz CT molecular complexity index is 5790. The van der Waals surface area contributed by atoms with E-state index in [-0.39, 0.29) is 47.0 Å². The van der Waals surface area contributed by atoms with Crippen LogP contribution in [0.3, 0.4) is 0 Å². The van der Waals surface area contributed by atoms with Crippen molar-refractivity contribution >= 4 is 89.8 Å². The molecule has 0 aliphatic carbocycles. The Morgan fingerprint density at radius 2 is 0.961 bits per heavy atom. The zero-order chi connectivity index (χ0) is 71.9. The van der Waals surface area contributed by atoms with Crippen molar-refractivity contribution in [2.24, 2.45) is 0 Å². The zero-order valence-electron chi connectivity index (χ0n) is 57.0. The van der Waals surface area contributed by atoms with Crippen LogP contribution in [0, 0.1) is 17.5 Å². The largest absolute Gasteiger partial charge is 0.480 e. The lowest BCUT2D eigenvalue weighted by Gasteiger charge is -2.42. The molecule has 0 spiro atoms. The van der Waals surface area contributed by atoms with Gasteiger partial charge in [0.1, 0.15) is 36.7 Å². The van der Waals surface area contributed by atoms with Crippen molar-refractivity contribution in [3.63, 3.8) is 0 Å². The summed E-state index contributed by atoms with van der Waals surface area (Å²) in [6.45, 7) is 11.8. The van der Waals surface area contributed by atoms with Crippen LogP contribution < -0.4 is 5.30 Å². The van der Waals surface area contributed by atoms with E-state index in [1.807, 2.05) is 47.2 Å². The predicted molar refractivity (Wildman–Crippen MR) is 391 cm³/mol. The molecule has 8 aromatic carbocycles. The summed E-state index contributed by atoms with van der Waals surface area (Å²) in [6, 6.07) is 46.1. The van der Waals surface area contributed by atoms with E-state index in [1.165, 1.54) is 60.3 Å². The maximum Gasteiger partial charge on any atom is 0.335 e. The van der Waals surface area contributed by atoms with Gasteiger partial charge in [-0.25, -0.2) is 18.0 Å². The van der Waals surface area contributed by atoms with Gasteiger partial charge in [-0.1, -0.05) is 50.2 Å². The first kappa shape index (κ1) is 67.6. The quantitative estimate of drug-likeness (QED) is 0.0464. The van der Waals surface area contributed by atoms with Gasteiger partial charge in [-0.05, 0) is 166 Å². The van der Waals surface area contributed by atoms with E-state index in [0.717, 1.165) is 140 Å². The number of aromatic carboxylic acids is 1. The lowest BCUT2D eigenvalue weighted by Crippen LogP contribution is -2.47. The fourth-order valence-electron chi connectivity index (χ4n) is 14.7. The van der Waals surface area contributed by atoms with E-state index in [1.54, 1.807) is 81.4 Å². The predicted octanol–water partition coefficient (Wildman–Crippen LogP) is 15.4. The fraction of sp³-hybridized carbons (Fsp3) is 0.215. The maximum atomic E-state index is 13.9. The summed E-state index contributed by atoms with van der Waals surface area (Å²) in [4.78, 5) is 22.7. The standard InChI is InChI=1S/C28H27FN3O2P.C26H22FN3O4.C25H22FN5O3/c1-4-28(16-34-17-28)27-26(18-5-11-22(12-6-18)35(2,3)33)23-14-24-19(15-30-31-24)13-25(23)32(27)21-9-7-20(29)8-10-21;1-26(33,14-34-2)24-23(15-3-5-16(6-4-15)25(31)32)20-12-21-17(13-28-29-21)11-22(20)30(24)19-9-7-18(27)8-10-19;1-2-25(13-34-14-25)24-23(16-10-28-30(11-16)12-22(32)33)19-8-20-15(9-27-29-20)7-21(19)31(24)18-5-3-17(26)4-6-18/h5-15H,4,16-17H2,1-3H3,(H,30,31);3-13,33H,14H2,1-2H3,(H,28,29)(H,31,32);3-11H,2,12-14H2,1H3,(H,27,29)(H,32,33). The number of halogens is 3. The molecule has 0 amide bonds. The molecule has 9 heterocycles. The minimum absolute atomic E-state index is 0.00412. The van der Waals surface area contributed by atoms with Crippen molar-refractivity contribution in [3.8, 4) is 50.4 Å². The van der Waals surface area contributed by atoms with Crippen molar-refractivity contribution in [2.45, 2.75) is 56.6 Å². The van der Waals surface area contributed by atoms with Gasteiger partial charge in [0.15, 0.2) is 0 Å². The molecule has 20 nitrogen and oxygen atoms in total. The Morgan fingerprint density at radius 3 is 1.35 bits per heavy atom. The molecule has 2 aliphatic rings. The van der Waals surface area contributed by atoms with Crippen molar-refractivity contribution in [2.75, 3.05) is 53.5 Å². The van der Waals surface area contributed by atoms with E-state index < -0.39 is 24.7 Å². The van der Waals surface area contributed by atoms with Crippen LogP contribution in [0.25, 0.3) is 116 Å². The number of carboxylic acid groups (broad SMARTS) is 2. The van der Waals surface area contributed by atoms with Gasteiger partial charge in [-0.15, -0.1) is 0 Å². The van der Waals surface area contributed by atoms with E-state index >= 15 is 0 Å². The summed E-state index contributed by atoms with van der Waals surface area (Å²) in [7, 11) is -0.858. The Kier molecular flexibility index (Phi) is 17.3. The number of fused-ring (bicyclic) bond motifs is 6. The number of hydrogen-bond donors (Lipinski definition) is 6. The van der Waals surface area contributed by atoms with Crippen LogP contribution >= 0.6 is 7.14 Å². The minimum atomic E-state index is -2.37. The highest BCUT2D eigenvalue weighted by Crippen LogP contribution is 2.51. The number of H-pyrrole nitrogens is 3. The number of ether oxygens (including phenoxy) is 3. The summed E-state index contributed by atoms with van der Waals surface area (Å²) < 4.78 is 78.8. The van der Waals surface area contributed by atoms with Gasteiger partial charge in [0.05, 0.1) is 113 Å². The van der Waals surface area contributed by atoms with Gasteiger partial charge in [-0.3, -0.25) is 24.8 Å². The molecule has 2 fully saturated rings. The third-order valence-electron chi connectivity index (χ3n) is 20.1. The van der Waals surface area contributed by atoms with Crippen LogP contribution in [0.15, 0.2) is 189 Å². The first-order chi connectivity index (χ1) is 49.6. The van der Waals surface area contributed by atoms with Crippen LogP contribution in [-0.4, -0.2) is 135 Å². The summed E-state index contributed by atoms with van der Waals surface area (Å²) in [5.74, 6) is -2.91. The average molecular weight is 1410 g/mol. The third-order valence-corrected chi connectivity index (χ3v) is 21.6. The Hall–Kier alpha value is -11.2. The molecule has 6 N–H and O–H groups in total. The molecule has 2 saturated heterocycles. The van der Waals surface area contributed by atoms with Crippen LogP contribution in [0.4, 0.5) is 13.2 Å². The second-order valence-electron chi connectivity index (χ2n) is 27.1. The summed E-state index contributed by atoms with van der Waals surface area (Å²) in [5, 5.41) is 62.8. The van der Waals surface area contributed by atoms with E-state index in [9.17, 15) is 42.6 Å². The molecule has 1 atom stereocenters. The summed E-state index contributed by atoms with van der Waals surface area (Å²) >= 11 is 0. The molecule has 17 rings (SSSR count). The number of aromatic nitrogens is 11. The van der Waals surface area contributed by atoms with Crippen LogP contribution in [-0.2, 0) is 46.5 Å². The van der Waals surface area contributed by atoms with Crippen molar-refractivity contribution in [1.29, 1.82) is 0 Å². The van der Waals surface area contributed by atoms with Crippen LogP contribution in [0.2, 0.25) is 0 Å². The lowest BCUT2D eigenvalue weighted by atomic mass is 9.76. The first-order valence-corrected chi connectivity index (χ1v) is 36.1. The number of aliphatic carboxylic acids is 1. The Balaban J connectivity index is 0.000000125. The monoisotopic (exact) mass is 1410 g/mol. The van der Waals surface area contributed by atoms with Gasteiger partial charge >= 0.3 is 11.9 Å². The fourth-order valence-corrected chi connectivity index (χ4v) is 15.6. The number of hydrogen-bond acceptors (Lipinski definition) is 11. The topological polar surface area (TPSA) is 258 Å². The van der Waals surface area contributed by atoms with Crippen molar-refractivity contribution in [1.82, 2.24) is 54.1 Å². The highest BCUT2D eigenvalue weighted by molar-refractivity contribution is 7.70. The maximum absolute atomic E-state index is 13.9. The normalized spacial score (nSPS) is 14.7. The van der Waals surface area contributed by atoms with Gasteiger partial charge in [-0.2, -0.15) is 20.4 Å². The molecule has 522 valence electrons. The molecule has 0 bridgehead atoms. The molecule has 1 unspecified atom stereocenters. The highest BCUT2D eigenvalue weighted by atomic mass is 31.2. The number of aromatic amines is 3. The van der Waals surface area contributed by atoms with Crippen molar-refractivity contribution in [3.05, 3.63) is 229 Å². The number of methoxy groups -OCH3 is 1. The number of nitrogens with zero attached hydrogens (tertiary/aromatic N) is 8. The molecular formula is C79H71F3N11O9P. The molecule has 103 heavy (non-hydrogen) atoms. The number of rotatable bonds is 17. The number of nitrogens with one attached hydrogen (secondary N) is 3. The average Bonchev–Trinajstić information content (AvgIpc) is 1.57. The van der Waals surface area contributed by atoms with Gasteiger partial charge in [0.2, 0.25) is 0 Å². The third kappa shape index (κ3) is 12.0. The molecule has 7 aromatic heterocycles. The highest BCUT2D eigenvalue weighted by Gasteiger charge is 2.46. The molecule has 0 saturated carbocycles. The first-order valence-electron chi connectivity index (χ1n) is 33.5. The molecule has 15 aromatic rings. The minimum Gasteiger partial charge on any atom is -0.480 e. The second kappa shape index (κ2) is 26.3. The van der Waals surface area contributed by atoms with E-state index in [2.05, 4.69) is 95.1 Å². The lowest BCUT2D eigenvalue weighted by molar-refractivity contribution is -0.137. The van der Waals surface area contributed by atoms with Gasteiger partial charge in [0.25, 0.3) is 0 Å². The zero-order valence-corrected chi connectivity index (χ0v) is 57.9. The molecule has 2 aliphatic heterocycles. The van der Waals surface area contributed by atoms with Gasteiger partial charge < -0.3 is 47.8 Å². The van der Waals surface area contributed by atoms with Crippen LogP contribution in [0.1, 0.15) is 61.1 Å².